The van der Waals surface area contributed by atoms with Crippen molar-refractivity contribution >= 4 is 5.91 Å². The number of amides is 1. The molecular formula is C53H105NO10. The van der Waals surface area contributed by atoms with Crippen LogP contribution in [0, 0.1) is 0 Å². The van der Waals surface area contributed by atoms with Crippen LogP contribution in [0.3, 0.4) is 0 Å². The summed E-state index contributed by atoms with van der Waals surface area (Å²) in [6.07, 6.45) is 35.7. The second-order valence-corrected chi connectivity index (χ2v) is 19.7. The monoisotopic (exact) mass is 916 g/mol. The molecule has 11 heteroatoms. The summed E-state index contributed by atoms with van der Waals surface area (Å²) >= 11 is 0. The second kappa shape index (κ2) is 43.4. The van der Waals surface area contributed by atoms with E-state index in [-0.39, 0.29) is 6.42 Å². The fraction of sp³-hybridized carbons (Fsp3) is 0.981. The maximum absolute atomic E-state index is 13.1. The van der Waals surface area contributed by atoms with Crippen molar-refractivity contribution in [1.82, 2.24) is 5.32 Å². The predicted molar refractivity (Wildman–Crippen MR) is 261 cm³/mol. The number of nitrogens with one attached hydrogen (secondary N) is 1. The molecule has 8 N–H and O–H groups in total. The number of unbranched alkanes of at least 4 members (excludes halogenated alkanes) is 35. The number of hydrogen-bond acceptors (Lipinski definition) is 10. The van der Waals surface area contributed by atoms with E-state index in [1.54, 1.807) is 0 Å². The molecule has 1 fully saturated rings. The minimum Gasteiger partial charge on any atom is -0.394 e. The number of carbonyl (C=O) groups is 1. The zero-order valence-corrected chi connectivity index (χ0v) is 41.5. The lowest BCUT2D eigenvalue weighted by molar-refractivity contribution is -0.303. The molecule has 0 radical (unpaired) electrons. The average molecular weight is 916 g/mol. The van der Waals surface area contributed by atoms with E-state index in [0.29, 0.717) is 19.3 Å². The fourth-order valence-electron chi connectivity index (χ4n) is 9.15. The molecule has 9 atom stereocenters. The van der Waals surface area contributed by atoms with Gasteiger partial charge in [-0.1, -0.05) is 251 Å². The van der Waals surface area contributed by atoms with Crippen molar-refractivity contribution in [3.8, 4) is 0 Å². The predicted octanol–water partition coefficient (Wildman–Crippen LogP) is 10.6. The molecular weight excluding hydrogens is 811 g/mol. The van der Waals surface area contributed by atoms with Crippen molar-refractivity contribution in [2.45, 2.75) is 319 Å². The number of aliphatic hydroxyl groups excluding tert-OH is 7. The molecule has 0 aliphatic carbocycles. The van der Waals surface area contributed by atoms with E-state index in [2.05, 4.69) is 19.2 Å². The van der Waals surface area contributed by atoms with E-state index in [9.17, 15) is 40.5 Å². The Bertz CT molecular complexity index is 1010. The highest BCUT2D eigenvalue weighted by atomic mass is 16.7. The summed E-state index contributed by atoms with van der Waals surface area (Å²) in [6.45, 7) is 3.49. The zero-order chi connectivity index (χ0) is 46.9. The molecule has 0 spiro atoms. The minimum atomic E-state index is -1.66. The van der Waals surface area contributed by atoms with Crippen molar-refractivity contribution in [2.24, 2.45) is 0 Å². The van der Waals surface area contributed by atoms with Gasteiger partial charge in [-0.05, 0) is 12.8 Å². The van der Waals surface area contributed by atoms with E-state index >= 15 is 0 Å². The van der Waals surface area contributed by atoms with E-state index in [4.69, 9.17) is 9.47 Å². The first kappa shape index (κ1) is 61.1. The van der Waals surface area contributed by atoms with Gasteiger partial charge in [-0.25, -0.2) is 0 Å². The largest absolute Gasteiger partial charge is 0.394 e. The summed E-state index contributed by atoms with van der Waals surface area (Å²) in [7, 11) is 0. The van der Waals surface area contributed by atoms with Crippen LogP contribution in [0.4, 0.5) is 0 Å². The lowest BCUT2D eigenvalue weighted by Crippen LogP contribution is -2.60. The molecule has 0 aromatic rings. The number of carbonyl (C=O) groups excluding carboxylic acids is 1. The zero-order valence-electron chi connectivity index (χ0n) is 41.5. The molecule has 1 rings (SSSR count). The molecule has 0 bridgehead atoms. The van der Waals surface area contributed by atoms with E-state index < -0.39 is 74.2 Å². The highest BCUT2D eigenvalue weighted by Gasteiger charge is 2.44. The quantitative estimate of drug-likeness (QED) is 0.0273. The van der Waals surface area contributed by atoms with Gasteiger partial charge in [0, 0.05) is 0 Å². The molecule has 1 heterocycles. The third-order valence-corrected chi connectivity index (χ3v) is 13.7. The first-order chi connectivity index (χ1) is 31.2. The lowest BCUT2D eigenvalue weighted by Gasteiger charge is -2.40. The normalized spacial score (nSPS) is 20.9. The molecule has 1 aliphatic heterocycles. The summed E-state index contributed by atoms with van der Waals surface area (Å²) < 4.78 is 11.1. The first-order valence-corrected chi connectivity index (χ1v) is 27.4. The van der Waals surface area contributed by atoms with Crippen LogP contribution in [0.5, 0.6) is 0 Å². The van der Waals surface area contributed by atoms with Crippen molar-refractivity contribution in [1.29, 1.82) is 0 Å². The third kappa shape index (κ3) is 32.0. The molecule has 0 aromatic heterocycles. The second-order valence-electron chi connectivity index (χ2n) is 19.7. The Kier molecular flexibility index (Phi) is 41.4. The van der Waals surface area contributed by atoms with Gasteiger partial charge in [-0.15, -0.1) is 0 Å². The van der Waals surface area contributed by atoms with Gasteiger partial charge in [0.25, 0.3) is 0 Å². The molecule has 1 saturated heterocycles. The van der Waals surface area contributed by atoms with Crippen molar-refractivity contribution in [3.05, 3.63) is 0 Å². The summed E-state index contributed by atoms with van der Waals surface area (Å²) in [5.41, 5.74) is 0. The first-order valence-electron chi connectivity index (χ1n) is 27.4. The number of rotatable bonds is 47. The molecule has 9 unspecified atom stereocenters. The van der Waals surface area contributed by atoms with Crippen LogP contribution >= 0.6 is 0 Å². The molecule has 0 aromatic carbocycles. The molecule has 64 heavy (non-hydrogen) atoms. The molecule has 1 aliphatic rings. The Hall–Kier alpha value is -0.890. The van der Waals surface area contributed by atoms with Crippen molar-refractivity contribution in [3.63, 3.8) is 0 Å². The Morgan fingerprint density at radius 3 is 1.16 bits per heavy atom. The summed E-state index contributed by atoms with van der Waals surface area (Å²) in [6, 6.07) is -1.16. The Morgan fingerprint density at radius 2 is 0.812 bits per heavy atom. The fourth-order valence-corrected chi connectivity index (χ4v) is 9.15. The number of ether oxygens (including phenoxy) is 2. The van der Waals surface area contributed by atoms with Gasteiger partial charge in [-0.3, -0.25) is 4.79 Å². The van der Waals surface area contributed by atoms with Crippen LogP contribution < -0.4 is 5.32 Å². The third-order valence-electron chi connectivity index (χ3n) is 13.7. The van der Waals surface area contributed by atoms with Crippen molar-refractivity contribution < 1.29 is 50.0 Å². The van der Waals surface area contributed by atoms with Gasteiger partial charge in [0.15, 0.2) is 6.29 Å². The van der Waals surface area contributed by atoms with Crippen LogP contribution in [0.15, 0.2) is 0 Å². The molecule has 382 valence electrons. The van der Waals surface area contributed by atoms with Crippen LogP contribution in [0.1, 0.15) is 264 Å². The van der Waals surface area contributed by atoms with E-state index in [0.717, 1.165) is 38.5 Å². The van der Waals surface area contributed by atoms with Gasteiger partial charge >= 0.3 is 0 Å². The van der Waals surface area contributed by atoms with Gasteiger partial charge < -0.3 is 50.5 Å². The lowest BCUT2D eigenvalue weighted by atomic mass is 9.98. The summed E-state index contributed by atoms with van der Waals surface area (Å²) in [5, 5.41) is 76.0. The Balaban J connectivity index is 2.34. The average Bonchev–Trinajstić information content (AvgIpc) is 3.29. The summed E-state index contributed by atoms with van der Waals surface area (Å²) in [4.78, 5) is 13.1. The van der Waals surface area contributed by atoms with E-state index in [1.165, 1.54) is 186 Å². The number of hydrogen-bond donors (Lipinski definition) is 8. The topological polar surface area (TPSA) is 189 Å². The standard InChI is InChI=1S/C53H105NO10/c1-3-5-7-9-11-13-15-17-19-21-23-25-26-28-30-32-34-36-38-40-45(56)48(58)44(43-63-53-51(61)50(60)49(59)47(42-55)64-53)54-52(62)46(57)41-39-37-35-33-31-29-27-24-22-20-18-16-14-12-10-8-6-4-2/h44-51,53,55-61H,3-43H2,1-2H3,(H,54,62). The maximum Gasteiger partial charge on any atom is 0.249 e. The smallest absolute Gasteiger partial charge is 0.249 e. The number of aliphatic hydroxyl groups is 7. The Labute approximate surface area is 392 Å². The molecule has 0 saturated carbocycles. The highest BCUT2D eigenvalue weighted by molar-refractivity contribution is 5.80. The van der Waals surface area contributed by atoms with Crippen LogP contribution in [0.25, 0.3) is 0 Å². The maximum atomic E-state index is 13.1. The summed E-state index contributed by atoms with van der Waals surface area (Å²) in [5.74, 6) is -0.691. The van der Waals surface area contributed by atoms with Gasteiger partial charge in [0.2, 0.25) is 5.91 Å². The van der Waals surface area contributed by atoms with Gasteiger partial charge in [0.05, 0.1) is 25.4 Å². The van der Waals surface area contributed by atoms with E-state index in [1.807, 2.05) is 0 Å². The van der Waals surface area contributed by atoms with Crippen LogP contribution in [-0.4, -0.2) is 110 Å². The Morgan fingerprint density at radius 1 is 0.484 bits per heavy atom. The molecule has 1 amide bonds. The van der Waals surface area contributed by atoms with Crippen LogP contribution in [0.2, 0.25) is 0 Å². The highest BCUT2D eigenvalue weighted by Crippen LogP contribution is 2.23. The van der Waals surface area contributed by atoms with Crippen LogP contribution in [-0.2, 0) is 14.3 Å². The van der Waals surface area contributed by atoms with Gasteiger partial charge in [-0.2, -0.15) is 0 Å². The SMILES string of the molecule is CCCCCCCCCCCCCCCCCCCCCC(O)C(O)C(COC1OC(CO)C(O)C(O)C1O)NC(=O)C(O)CCCCCCCCCCCCCCCCCCCC. The molecule has 11 nitrogen and oxygen atoms in total. The minimum absolute atomic E-state index is 0.267. The van der Waals surface area contributed by atoms with Crippen molar-refractivity contribution in [2.75, 3.05) is 13.2 Å². The van der Waals surface area contributed by atoms with Gasteiger partial charge in [0.1, 0.15) is 36.6 Å².